The van der Waals surface area contributed by atoms with Gasteiger partial charge in [-0.15, -0.1) is 0 Å². The first-order chi connectivity index (χ1) is 8.02. The number of primary amides is 1. The van der Waals surface area contributed by atoms with Crippen molar-refractivity contribution in [3.8, 4) is 5.75 Å². The van der Waals surface area contributed by atoms with Gasteiger partial charge in [0, 0.05) is 18.0 Å². The summed E-state index contributed by atoms with van der Waals surface area (Å²) in [5.41, 5.74) is 5.53. The summed E-state index contributed by atoms with van der Waals surface area (Å²) in [5.74, 6) is -0.0821. The third-order valence-electron chi connectivity index (χ3n) is 2.22. The Morgan fingerprint density at radius 2 is 2.18 bits per heavy atom. The molecule has 92 valence electrons. The lowest BCUT2D eigenvalue weighted by molar-refractivity contribution is -0.118. The third kappa shape index (κ3) is 4.14. The van der Waals surface area contributed by atoms with Crippen molar-refractivity contribution >= 4 is 11.8 Å². The van der Waals surface area contributed by atoms with Crippen molar-refractivity contribution in [1.29, 1.82) is 0 Å². The Bertz CT molecular complexity index is 418. The van der Waals surface area contributed by atoms with E-state index in [0.717, 1.165) is 0 Å². The maximum absolute atomic E-state index is 11.8. The minimum atomic E-state index is -0.441. The maximum atomic E-state index is 11.8. The number of nitrogens with two attached hydrogens (primary N) is 1. The first kappa shape index (κ1) is 13.0. The molecule has 0 aliphatic carbocycles. The number of methoxy groups -OCH3 is 1. The topological polar surface area (TPSA) is 81.4 Å². The van der Waals surface area contributed by atoms with Crippen LogP contribution in [0.2, 0.25) is 0 Å². The molecule has 0 spiro atoms. The molecule has 0 aromatic heterocycles. The average Bonchev–Trinajstić information content (AvgIpc) is 2.27. The van der Waals surface area contributed by atoms with Gasteiger partial charge in [0.1, 0.15) is 5.75 Å². The van der Waals surface area contributed by atoms with Crippen molar-refractivity contribution in [1.82, 2.24) is 5.32 Å². The zero-order chi connectivity index (χ0) is 12.8. The Hall–Kier alpha value is -2.04. The molecule has 1 unspecified atom stereocenters. The summed E-state index contributed by atoms with van der Waals surface area (Å²) in [6.07, 6.45) is 0.121. The molecule has 1 atom stereocenters. The van der Waals surface area contributed by atoms with Gasteiger partial charge in [0.2, 0.25) is 5.91 Å². The highest BCUT2D eigenvalue weighted by Crippen LogP contribution is 2.12. The van der Waals surface area contributed by atoms with Crippen LogP contribution in [0.1, 0.15) is 23.7 Å². The second-order valence-electron chi connectivity index (χ2n) is 3.78. The van der Waals surface area contributed by atoms with Crippen LogP contribution >= 0.6 is 0 Å². The van der Waals surface area contributed by atoms with E-state index in [1.807, 2.05) is 0 Å². The van der Waals surface area contributed by atoms with Gasteiger partial charge in [0.05, 0.1) is 7.11 Å². The van der Waals surface area contributed by atoms with Gasteiger partial charge in [-0.2, -0.15) is 0 Å². The summed E-state index contributed by atoms with van der Waals surface area (Å²) < 4.78 is 5.02. The van der Waals surface area contributed by atoms with Gasteiger partial charge >= 0.3 is 0 Å². The van der Waals surface area contributed by atoms with E-state index in [-0.39, 0.29) is 18.4 Å². The molecule has 0 heterocycles. The summed E-state index contributed by atoms with van der Waals surface area (Å²) in [6, 6.07) is 6.50. The molecular formula is C12H16N2O3. The van der Waals surface area contributed by atoms with E-state index in [2.05, 4.69) is 5.32 Å². The molecule has 0 saturated heterocycles. The number of amides is 2. The van der Waals surface area contributed by atoms with Gasteiger partial charge in [-0.25, -0.2) is 0 Å². The molecule has 1 aromatic carbocycles. The summed E-state index contributed by atoms with van der Waals surface area (Å²) in [7, 11) is 1.53. The Morgan fingerprint density at radius 3 is 2.76 bits per heavy atom. The smallest absolute Gasteiger partial charge is 0.251 e. The molecule has 1 aromatic rings. The van der Waals surface area contributed by atoms with E-state index in [9.17, 15) is 9.59 Å². The van der Waals surface area contributed by atoms with Crippen LogP contribution in [0.15, 0.2) is 24.3 Å². The number of carbonyl (C=O) groups excluding carboxylic acids is 2. The molecule has 2 amide bonds. The number of rotatable bonds is 5. The minimum absolute atomic E-state index is 0.121. The van der Waals surface area contributed by atoms with E-state index in [1.165, 1.54) is 7.11 Å². The van der Waals surface area contributed by atoms with E-state index < -0.39 is 5.91 Å². The van der Waals surface area contributed by atoms with Crippen molar-refractivity contribution in [2.24, 2.45) is 5.73 Å². The molecule has 0 aliphatic heterocycles. The van der Waals surface area contributed by atoms with Crippen LogP contribution in [-0.4, -0.2) is 25.0 Å². The second kappa shape index (κ2) is 5.89. The van der Waals surface area contributed by atoms with Crippen molar-refractivity contribution < 1.29 is 14.3 Å². The Kier molecular flexibility index (Phi) is 4.51. The lowest BCUT2D eigenvalue weighted by atomic mass is 10.1. The first-order valence-corrected chi connectivity index (χ1v) is 5.26. The molecule has 0 radical (unpaired) electrons. The Balaban J connectivity index is 2.66. The van der Waals surface area contributed by atoms with Crippen molar-refractivity contribution in [3.63, 3.8) is 0 Å². The van der Waals surface area contributed by atoms with Gasteiger partial charge in [-0.1, -0.05) is 6.07 Å². The number of ether oxygens (including phenoxy) is 1. The molecule has 0 bridgehead atoms. The fourth-order valence-electron chi connectivity index (χ4n) is 1.42. The predicted molar refractivity (Wildman–Crippen MR) is 63.7 cm³/mol. The number of benzene rings is 1. The zero-order valence-corrected chi connectivity index (χ0v) is 9.90. The highest BCUT2D eigenvalue weighted by atomic mass is 16.5. The fraction of sp³-hybridized carbons (Fsp3) is 0.333. The third-order valence-corrected chi connectivity index (χ3v) is 2.22. The van der Waals surface area contributed by atoms with Gasteiger partial charge in [0.15, 0.2) is 0 Å². The van der Waals surface area contributed by atoms with Crippen LogP contribution in [-0.2, 0) is 4.79 Å². The van der Waals surface area contributed by atoms with Crippen LogP contribution in [0.4, 0.5) is 0 Å². The van der Waals surface area contributed by atoms with Crippen LogP contribution < -0.4 is 15.8 Å². The van der Waals surface area contributed by atoms with Crippen molar-refractivity contribution in [3.05, 3.63) is 29.8 Å². The summed E-state index contributed by atoms with van der Waals surface area (Å²) in [4.78, 5) is 22.5. The van der Waals surface area contributed by atoms with Gasteiger partial charge in [0.25, 0.3) is 5.91 Å². The van der Waals surface area contributed by atoms with Gasteiger partial charge in [-0.3, -0.25) is 9.59 Å². The predicted octanol–water partition coefficient (Wildman–Crippen LogP) is 0.689. The molecule has 5 heteroatoms. The number of carbonyl (C=O) groups is 2. The van der Waals surface area contributed by atoms with E-state index in [0.29, 0.717) is 11.3 Å². The standard InChI is InChI=1S/C12H16N2O3/c1-8(6-11(13)15)14-12(16)9-4-3-5-10(7-9)17-2/h3-5,7-8H,6H2,1-2H3,(H2,13,15)(H,14,16). The molecule has 1 rings (SSSR count). The Morgan fingerprint density at radius 1 is 1.47 bits per heavy atom. The quantitative estimate of drug-likeness (QED) is 0.789. The highest BCUT2D eigenvalue weighted by molar-refractivity contribution is 5.95. The highest BCUT2D eigenvalue weighted by Gasteiger charge is 2.11. The van der Waals surface area contributed by atoms with E-state index in [4.69, 9.17) is 10.5 Å². The van der Waals surface area contributed by atoms with Crippen LogP contribution in [0, 0.1) is 0 Å². The lowest BCUT2D eigenvalue weighted by Crippen LogP contribution is -2.35. The van der Waals surface area contributed by atoms with Crippen molar-refractivity contribution in [2.75, 3.05) is 7.11 Å². The van der Waals surface area contributed by atoms with Crippen LogP contribution in [0.5, 0.6) is 5.75 Å². The zero-order valence-electron chi connectivity index (χ0n) is 9.90. The SMILES string of the molecule is COc1cccc(C(=O)NC(C)CC(N)=O)c1. The molecule has 3 N–H and O–H groups in total. The second-order valence-corrected chi connectivity index (χ2v) is 3.78. The average molecular weight is 236 g/mol. The van der Waals surface area contributed by atoms with E-state index >= 15 is 0 Å². The largest absolute Gasteiger partial charge is 0.497 e. The van der Waals surface area contributed by atoms with Crippen LogP contribution in [0.25, 0.3) is 0 Å². The fourth-order valence-corrected chi connectivity index (χ4v) is 1.42. The monoisotopic (exact) mass is 236 g/mol. The number of hydrogen-bond acceptors (Lipinski definition) is 3. The number of hydrogen-bond donors (Lipinski definition) is 2. The molecule has 0 saturated carbocycles. The molecule has 0 fully saturated rings. The van der Waals surface area contributed by atoms with Gasteiger partial charge < -0.3 is 15.8 Å². The molecule has 5 nitrogen and oxygen atoms in total. The normalized spacial score (nSPS) is 11.6. The maximum Gasteiger partial charge on any atom is 0.251 e. The lowest BCUT2D eigenvalue weighted by Gasteiger charge is -2.12. The van der Waals surface area contributed by atoms with Crippen LogP contribution in [0.3, 0.4) is 0 Å². The molecular weight excluding hydrogens is 220 g/mol. The minimum Gasteiger partial charge on any atom is -0.497 e. The molecule has 17 heavy (non-hydrogen) atoms. The summed E-state index contributed by atoms with van der Waals surface area (Å²) in [5, 5.41) is 2.68. The summed E-state index contributed by atoms with van der Waals surface area (Å²) in [6.45, 7) is 1.73. The Labute approximate surface area is 99.9 Å². The first-order valence-electron chi connectivity index (χ1n) is 5.26. The summed E-state index contributed by atoms with van der Waals surface area (Å²) >= 11 is 0. The van der Waals surface area contributed by atoms with E-state index in [1.54, 1.807) is 31.2 Å². The van der Waals surface area contributed by atoms with Gasteiger partial charge in [-0.05, 0) is 25.1 Å². The molecule has 0 aliphatic rings. The van der Waals surface area contributed by atoms with Crippen molar-refractivity contribution in [2.45, 2.75) is 19.4 Å². The number of nitrogens with one attached hydrogen (secondary N) is 1.